The number of nitrogens with two attached hydrogens (primary N) is 1. The minimum Gasteiger partial charge on any atom is -0.311 e. The molecule has 22 heavy (non-hydrogen) atoms. The Hall–Kier alpha value is -1.32. The molecule has 1 unspecified atom stereocenters. The van der Waals surface area contributed by atoms with Crippen LogP contribution in [0.3, 0.4) is 0 Å². The summed E-state index contributed by atoms with van der Waals surface area (Å²) in [5, 5.41) is 4.80. The molecule has 1 atom stereocenters. The predicted octanol–water partition coefficient (Wildman–Crippen LogP) is 2.00. The number of carbonyl (C=O) groups is 1. The van der Waals surface area contributed by atoms with Gasteiger partial charge in [0.2, 0.25) is 15.9 Å². The number of carbonyl (C=O) groups excluding carboxylic acids is 1. The number of sulfonamides is 1. The number of hydrogen-bond acceptors (Lipinski definition) is 3. The lowest BCUT2D eigenvalue weighted by atomic mass is 10.1. The van der Waals surface area contributed by atoms with Gasteiger partial charge in [0.15, 0.2) is 0 Å². The van der Waals surface area contributed by atoms with Crippen LogP contribution in [0, 0.1) is 5.92 Å². The van der Waals surface area contributed by atoms with E-state index >= 15 is 0 Å². The first-order valence-corrected chi connectivity index (χ1v) is 8.24. The number of primary sulfonamides is 1. The summed E-state index contributed by atoms with van der Waals surface area (Å²) in [6.45, 7) is -0.139. The Balaban J connectivity index is 2.35. The molecule has 1 aromatic carbocycles. The molecule has 1 aliphatic rings. The molecule has 2 N–H and O–H groups in total. The Morgan fingerprint density at radius 2 is 2.00 bits per heavy atom. The van der Waals surface area contributed by atoms with Gasteiger partial charge in [-0.15, -0.1) is 0 Å². The fourth-order valence-electron chi connectivity index (χ4n) is 2.43. The van der Waals surface area contributed by atoms with Gasteiger partial charge in [-0.2, -0.15) is 13.2 Å². The smallest absolute Gasteiger partial charge is 0.311 e. The van der Waals surface area contributed by atoms with E-state index < -0.39 is 39.3 Å². The van der Waals surface area contributed by atoms with Crippen LogP contribution in [-0.4, -0.2) is 26.6 Å². The maximum absolute atomic E-state index is 13.1. The predicted molar refractivity (Wildman–Crippen MR) is 74.9 cm³/mol. The molecule has 5 nitrogen and oxygen atoms in total. The molecule has 122 valence electrons. The first-order valence-electron chi connectivity index (χ1n) is 6.15. The van der Waals surface area contributed by atoms with Gasteiger partial charge in [0.25, 0.3) is 0 Å². The van der Waals surface area contributed by atoms with Crippen LogP contribution in [-0.2, 0) is 21.0 Å². The number of halogens is 4. The zero-order valence-electron chi connectivity index (χ0n) is 11.1. The van der Waals surface area contributed by atoms with Crippen molar-refractivity contribution in [2.45, 2.75) is 12.6 Å². The molecule has 1 amide bonds. The van der Waals surface area contributed by atoms with Crippen LogP contribution in [0.2, 0.25) is 5.02 Å². The fraction of sp³-hybridized carbons (Fsp3) is 0.417. The van der Waals surface area contributed by atoms with Crippen LogP contribution >= 0.6 is 11.6 Å². The quantitative estimate of drug-likeness (QED) is 0.899. The summed E-state index contributed by atoms with van der Waals surface area (Å²) in [6.07, 6.45) is -4.85. The second kappa shape index (κ2) is 5.71. The Morgan fingerprint density at radius 3 is 2.55 bits per heavy atom. The minimum absolute atomic E-state index is 0.108. The van der Waals surface area contributed by atoms with Gasteiger partial charge in [-0.05, 0) is 18.2 Å². The summed E-state index contributed by atoms with van der Waals surface area (Å²) in [5.41, 5.74) is -1.37. The van der Waals surface area contributed by atoms with Crippen molar-refractivity contribution in [3.63, 3.8) is 0 Å². The molecular formula is C12H12ClF3N2O3S. The highest BCUT2D eigenvalue weighted by molar-refractivity contribution is 7.89. The number of rotatable bonds is 3. The monoisotopic (exact) mass is 356 g/mol. The molecule has 0 saturated carbocycles. The third kappa shape index (κ3) is 3.90. The number of amides is 1. The normalized spacial score (nSPS) is 19.8. The molecule has 1 heterocycles. The van der Waals surface area contributed by atoms with E-state index in [1.807, 2.05) is 0 Å². The molecule has 2 rings (SSSR count). The van der Waals surface area contributed by atoms with Crippen molar-refractivity contribution in [1.29, 1.82) is 0 Å². The summed E-state index contributed by atoms with van der Waals surface area (Å²) in [7, 11) is -3.80. The lowest BCUT2D eigenvalue weighted by Crippen LogP contribution is -2.29. The number of anilines is 1. The van der Waals surface area contributed by atoms with Gasteiger partial charge in [0.1, 0.15) is 0 Å². The molecule has 0 spiro atoms. The van der Waals surface area contributed by atoms with Crippen LogP contribution in [0.5, 0.6) is 0 Å². The minimum atomic E-state index is -4.68. The Labute approximate surface area is 129 Å². The summed E-state index contributed by atoms with van der Waals surface area (Å²) in [6, 6.07) is 3.08. The number of benzene rings is 1. The van der Waals surface area contributed by atoms with Crippen molar-refractivity contribution >= 4 is 33.2 Å². The molecule has 1 aliphatic heterocycles. The summed E-state index contributed by atoms with van der Waals surface area (Å²) < 4.78 is 61.3. The summed E-state index contributed by atoms with van der Waals surface area (Å²) in [4.78, 5) is 12.9. The average molecular weight is 357 g/mol. The number of nitrogens with zero attached hydrogens (tertiary/aromatic N) is 1. The van der Waals surface area contributed by atoms with E-state index in [0.717, 1.165) is 17.0 Å². The standard InChI is InChI=1S/C12H12ClF3N2O3S/c13-8-1-2-10(9(4-8)12(14,15)16)18-5-7(3-11(18)19)6-22(17,20)21/h1-2,4,7H,3,5-6H2,(H2,17,20,21). The van der Waals surface area contributed by atoms with Crippen LogP contribution in [0.1, 0.15) is 12.0 Å². The van der Waals surface area contributed by atoms with Gasteiger partial charge < -0.3 is 4.90 Å². The molecule has 10 heteroatoms. The average Bonchev–Trinajstić information content (AvgIpc) is 2.66. The van der Waals surface area contributed by atoms with E-state index in [0.29, 0.717) is 0 Å². The van der Waals surface area contributed by atoms with Crippen molar-refractivity contribution < 1.29 is 26.4 Å². The molecular weight excluding hydrogens is 345 g/mol. The van der Waals surface area contributed by atoms with Crippen molar-refractivity contribution in [2.24, 2.45) is 11.1 Å². The first kappa shape index (κ1) is 17.0. The molecule has 1 aromatic rings. The van der Waals surface area contributed by atoms with Gasteiger partial charge in [-0.1, -0.05) is 11.6 Å². The van der Waals surface area contributed by atoms with E-state index in [1.54, 1.807) is 0 Å². The van der Waals surface area contributed by atoms with Gasteiger partial charge in [-0.3, -0.25) is 4.79 Å². The summed E-state index contributed by atoms with van der Waals surface area (Å²) in [5.74, 6) is -1.68. The van der Waals surface area contributed by atoms with Crippen molar-refractivity contribution in [3.8, 4) is 0 Å². The third-order valence-corrected chi connectivity index (χ3v) is 4.40. The summed E-state index contributed by atoms with van der Waals surface area (Å²) >= 11 is 5.58. The topological polar surface area (TPSA) is 80.5 Å². The highest BCUT2D eigenvalue weighted by Crippen LogP contribution is 2.40. The third-order valence-electron chi connectivity index (χ3n) is 3.23. The van der Waals surface area contributed by atoms with Gasteiger partial charge in [0.05, 0.1) is 17.0 Å². The maximum Gasteiger partial charge on any atom is 0.418 e. The second-order valence-electron chi connectivity index (χ2n) is 5.06. The highest BCUT2D eigenvalue weighted by Gasteiger charge is 2.39. The van der Waals surface area contributed by atoms with E-state index in [1.165, 1.54) is 6.07 Å². The highest BCUT2D eigenvalue weighted by atomic mass is 35.5. The van der Waals surface area contributed by atoms with Crippen molar-refractivity contribution in [3.05, 3.63) is 28.8 Å². The molecule has 0 aliphatic carbocycles. The van der Waals surface area contributed by atoms with Crippen LogP contribution < -0.4 is 10.0 Å². The number of alkyl halides is 3. The van der Waals surface area contributed by atoms with Crippen LogP contribution in [0.4, 0.5) is 18.9 Å². The molecule has 0 aromatic heterocycles. The lowest BCUT2D eigenvalue weighted by molar-refractivity contribution is -0.137. The number of hydrogen-bond donors (Lipinski definition) is 1. The first-order chi connectivity index (χ1) is 9.97. The zero-order chi connectivity index (χ0) is 16.7. The van der Waals surface area contributed by atoms with Gasteiger partial charge in [-0.25, -0.2) is 13.6 Å². The second-order valence-corrected chi connectivity index (χ2v) is 7.16. The Bertz CT molecular complexity index is 706. The van der Waals surface area contributed by atoms with Gasteiger partial charge in [0, 0.05) is 23.9 Å². The zero-order valence-corrected chi connectivity index (χ0v) is 12.7. The van der Waals surface area contributed by atoms with Crippen molar-refractivity contribution in [1.82, 2.24) is 0 Å². The largest absolute Gasteiger partial charge is 0.418 e. The lowest BCUT2D eigenvalue weighted by Gasteiger charge is -2.22. The van der Waals surface area contributed by atoms with E-state index in [-0.39, 0.29) is 23.7 Å². The maximum atomic E-state index is 13.1. The SMILES string of the molecule is NS(=O)(=O)CC1CC(=O)N(c2ccc(Cl)cc2C(F)(F)F)C1. The van der Waals surface area contributed by atoms with E-state index in [4.69, 9.17) is 16.7 Å². The Kier molecular flexibility index (Phi) is 4.42. The molecule has 0 bridgehead atoms. The fourth-order valence-corrected chi connectivity index (χ4v) is 3.48. The Morgan fingerprint density at radius 1 is 1.36 bits per heavy atom. The van der Waals surface area contributed by atoms with Crippen molar-refractivity contribution in [2.75, 3.05) is 17.2 Å². The molecule has 1 fully saturated rings. The van der Waals surface area contributed by atoms with Crippen LogP contribution in [0.25, 0.3) is 0 Å². The molecule has 0 radical (unpaired) electrons. The van der Waals surface area contributed by atoms with E-state index in [9.17, 15) is 26.4 Å². The van der Waals surface area contributed by atoms with Crippen LogP contribution in [0.15, 0.2) is 18.2 Å². The van der Waals surface area contributed by atoms with Gasteiger partial charge >= 0.3 is 6.18 Å². The van der Waals surface area contributed by atoms with E-state index in [2.05, 4.69) is 0 Å². The molecule has 1 saturated heterocycles.